The highest BCUT2D eigenvalue weighted by Crippen LogP contribution is 2.43. The molecule has 55 heavy (non-hydrogen) atoms. The Morgan fingerprint density at radius 2 is 1.05 bits per heavy atom. The monoisotopic (exact) mass is 794 g/mol. The fourth-order valence-electron chi connectivity index (χ4n) is 5.87. The number of phosphoric ester groups is 1. The van der Waals surface area contributed by atoms with E-state index in [0.29, 0.717) is 17.4 Å². The van der Waals surface area contributed by atoms with Crippen LogP contribution >= 0.6 is 7.82 Å². The average molecular weight is 794 g/mol. The summed E-state index contributed by atoms with van der Waals surface area (Å²) in [5, 5.41) is 13.8. The van der Waals surface area contributed by atoms with Gasteiger partial charge in [-0.05, 0) is 77.0 Å². The van der Waals surface area contributed by atoms with E-state index in [2.05, 4.69) is 67.8 Å². The number of nitrogens with zero attached hydrogens (tertiary/aromatic N) is 1. The number of carbonyl (C=O) groups is 1. The molecule has 3 unspecified atom stereocenters. The Labute approximate surface area is 339 Å². The standard InChI is InChI=1S/C46H85N2O6P/c1-6-8-10-12-14-16-18-20-22-24-25-27-29-31-33-35-37-39-45(49)44(43-54-55(51,52)53-42-41-48(3,4)5)47-46(50)40-38-36-34-32-30-28-26-23-21-19-17-15-13-11-9-7-2/h17,19,22-24,26,29,31,37,39,44-45,49H,6-16,18,20-21,25,27-28,30,32-36,38,40-43H2,1-5H3,(H-,47,50,51,52)/p+1/b19-17-,24-22+,26-23-,31-29+,39-37+. The molecule has 0 saturated carbocycles. The number of amides is 1. The lowest BCUT2D eigenvalue weighted by Gasteiger charge is -2.25. The van der Waals surface area contributed by atoms with Crippen LogP contribution in [0.1, 0.15) is 174 Å². The van der Waals surface area contributed by atoms with Gasteiger partial charge in [0.2, 0.25) is 5.91 Å². The molecule has 0 aliphatic rings. The van der Waals surface area contributed by atoms with Crippen molar-refractivity contribution < 1.29 is 32.9 Å². The summed E-state index contributed by atoms with van der Waals surface area (Å²) in [6, 6.07) is -0.878. The van der Waals surface area contributed by atoms with E-state index in [-0.39, 0.29) is 19.1 Å². The van der Waals surface area contributed by atoms with Crippen LogP contribution in [0.2, 0.25) is 0 Å². The maximum absolute atomic E-state index is 12.9. The number of allylic oxidation sites excluding steroid dienone is 9. The summed E-state index contributed by atoms with van der Waals surface area (Å²) in [4.78, 5) is 23.1. The molecule has 0 aromatic carbocycles. The second-order valence-electron chi connectivity index (χ2n) is 16.0. The van der Waals surface area contributed by atoms with Crippen molar-refractivity contribution >= 4 is 13.7 Å². The Morgan fingerprint density at radius 3 is 1.58 bits per heavy atom. The molecule has 0 radical (unpaired) electrons. The highest BCUT2D eigenvalue weighted by Gasteiger charge is 2.27. The molecule has 8 nitrogen and oxygen atoms in total. The molecule has 0 aliphatic heterocycles. The van der Waals surface area contributed by atoms with Crippen LogP contribution in [0.4, 0.5) is 0 Å². The van der Waals surface area contributed by atoms with Crippen molar-refractivity contribution in [2.75, 3.05) is 40.9 Å². The third kappa shape index (κ3) is 40.2. The van der Waals surface area contributed by atoms with Gasteiger partial charge in [-0.25, -0.2) is 4.57 Å². The minimum absolute atomic E-state index is 0.0483. The van der Waals surface area contributed by atoms with Crippen LogP contribution in [-0.2, 0) is 18.4 Å². The van der Waals surface area contributed by atoms with Gasteiger partial charge in [-0.1, -0.05) is 152 Å². The summed E-state index contributed by atoms with van der Waals surface area (Å²) >= 11 is 0. The third-order valence-corrected chi connectivity index (χ3v) is 10.4. The van der Waals surface area contributed by atoms with E-state index in [1.54, 1.807) is 6.08 Å². The maximum Gasteiger partial charge on any atom is 0.472 e. The highest BCUT2D eigenvalue weighted by atomic mass is 31.2. The zero-order chi connectivity index (χ0) is 40.7. The maximum atomic E-state index is 12.9. The Bertz CT molecular complexity index is 1080. The Hall–Kier alpha value is -1.80. The number of rotatable bonds is 39. The van der Waals surface area contributed by atoms with E-state index in [1.807, 2.05) is 27.2 Å². The number of aliphatic hydroxyl groups excluding tert-OH is 1. The molecule has 0 spiro atoms. The predicted octanol–water partition coefficient (Wildman–Crippen LogP) is 12.2. The van der Waals surface area contributed by atoms with Gasteiger partial charge in [0.05, 0.1) is 39.9 Å². The molecule has 0 heterocycles. The van der Waals surface area contributed by atoms with E-state index < -0.39 is 20.0 Å². The second-order valence-corrected chi connectivity index (χ2v) is 17.5. The summed E-state index contributed by atoms with van der Waals surface area (Å²) in [5.41, 5.74) is 0. The first-order chi connectivity index (χ1) is 26.5. The van der Waals surface area contributed by atoms with Crippen molar-refractivity contribution in [2.45, 2.75) is 187 Å². The van der Waals surface area contributed by atoms with Crippen LogP contribution in [0.25, 0.3) is 0 Å². The number of hydrogen-bond acceptors (Lipinski definition) is 5. The molecule has 0 aromatic heterocycles. The zero-order valence-corrected chi connectivity index (χ0v) is 37.0. The minimum Gasteiger partial charge on any atom is -0.387 e. The van der Waals surface area contributed by atoms with Crippen molar-refractivity contribution in [2.24, 2.45) is 0 Å². The first-order valence-electron chi connectivity index (χ1n) is 22.2. The minimum atomic E-state index is -4.35. The molecule has 0 aliphatic carbocycles. The van der Waals surface area contributed by atoms with E-state index in [9.17, 15) is 19.4 Å². The van der Waals surface area contributed by atoms with E-state index >= 15 is 0 Å². The Morgan fingerprint density at radius 1 is 0.618 bits per heavy atom. The van der Waals surface area contributed by atoms with Crippen LogP contribution < -0.4 is 5.32 Å². The number of nitrogens with one attached hydrogen (secondary N) is 1. The van der Waals surface area contributed by atoms with Crippen molar-refractivity contribution in [3.8, 4) is 0 Å². The summed E-state index contributed by atoms with van der Waals surface area (Å²) < 4.78 is 23.5. The van der Waals surface area contributed by atoms with Gasteiger partial charge in [-0.3, -0.25) is 13.8 Å². The normalized spacial score (nSPS) is 15.0. The Kier molecular flexibility index (Phi) is 36.5. The van der Waals surface area contributed by atoms with Crippen molar-refractivity contribution in [3.05, 3.63) is 60.8 Å². The summed E-state index contributed by atoms with van der Waals surface area (Å²) in [5.74, 6) is -0.208. The smallest absolute Gasteiger partial charge is 0.387 e. The fraction of sp³-hybridized carbons (Fsp3) is 0.761. The fourth-order valence-corrected chi connectivity index (χ4v) is 6.60. The van der Waals surface area contributed by atoms with Gasteiger partial charge >= 0.3 is 7.82 Å². The van der Waals surface area contributed by atoms with Crippen LogP contribution in [0.15, 0.2) is 60.8 Å². The van der Waals surface area contributed by atoms with Crippen molar-refractivity contribution in [3.63, 3.8) is 0 Å². The summed E-state index contributed by atoms with van der Waals surface area (Å²) in [6.07, 6.45) is 48.6. The lowest BCUT2D eigenvalue weighted by Crippen LogP contribution is -2.45. The van der Waals surface area contributed by atoms with Crippen LogP contribution in [0.3, 0.4) is 0 Å². The zero-order valence-electron chi connectivity index (χ0n) is 36.1. The number of likely N-dealkylation sites (N-methyl/N-ethyl adjacent to an activating group) is 1. The number of carbonyl (C=O) groups excluding carboxylic acids is 1. The second kappa shape index (κ2) is 37.8. The molecule has 3 atom stereocenters. The van der Waals surface area contributed by atoms with Gasteiger partial charge in [0.15, 0.2) is 0 Å². The molecule has 3 N–H and O–H groups in total. The van der Waals surface area contributed by atoms with Crippen LogP contribution in [-0.4, -0.2) is 73.4 Å². The topological polar surface area (TPSA) is 105 Å². The first kappa shape index (κ1) is 53.2. The SMILES string of the molecule is CCCCCC/C=C\C/C=C\CCCCCCCC(=O)NC(COP(=O)(O)OCC[N+](C)(C)C)C(O)/C=C/CC/C=C/CC/C=C/CCCCCCCCC. The summed E-state index contributed by atoms with van der Waals surface area (Å²) in [6.45, 7) is 4.73. The average Bonchev–Trinajstić information content (AvgIpc) is 3.13. The number of phosphoric acid groups is 1. The lowest BCUT2D eigenvalue weighted by atomic mass is 10.1. The van der Waals surface area contributed by atoms with E-state index in [0.717, 1.165) is 70.6 Å². The molecule has 1 amide bonds. The first-order valence-corrected chi connectivity index (χ1v) is 23.7. The van der Waals surface area contributed by atoms with Crippen molar-refractivity contribution in [1.82, 2.24) is 5.32 Å². The quantitative estimate of drug-likeness (QED) is 0.0248. The van der Waals surface area contributed by atoms with Gasteiger partial charge in [-0.15, -0.1) is 0 Å². The molecular formula is C46H86N2O6P+. The van der Waals surface area contributed by atoms with Gasteiger partial charge < -0.3 is 19.8 Å². The highest BCUT2D eigenvalue weighted by molar-refractivity contribution is 7.47. The van der Waals surface area contributed by atoms with Crippen LogP contribution in [0, 0.1) is 0 Å². The van der Waals surface area contributed by atoms with Gasteiger partial charge in [0.25, 0.3) is 0 Å². The molecular weight excluding hydrogens is 707 g/mol. The molecule has 0 fully saturated rings. The molecule has 0 saturated heterocycles. The number of aliphatic hydroxyl groups is 1. The Balaban J connectivity index is 4.56. The van der Waals surface area contributed by atoms with E-state index in [1.165, 1.54) is 83.5 Å². The van der Waals surface area contributed by atoms with Gasteiger partial charge in [0.1, 0.15) is 13.2 Å². The van der Waals surface area contributed by atoms with E-state index in [4.69, 9.17) is 9.05 Å². The van der Waals surface area contributed by atoms with Crippen LogP contribution in [0.5, 0.6) is 0 Å². The molecule has 0 rings (SSSR count). The molecule has 9 heteroatoms. The third-order valence-electron chi connectivity index (χ3n) is 9.44. The molecule has 0 bridgehead atoms. The largest absolute Gasteiger partial charge is 0.472 e. The van der Waals surface area contributed by atoms with Gasteiger partial charge in [-0.2, -0.15) is 0 Å². The van der Waals surface area contributed by atoms with Crippen molar-refractivity contribution in [1.29, 1.82) is 0 Å². The number of hydrogen-bond donors (Lipinski definition) is 3. The number of unbranched alkanes of at least 4 members (excludes halogenated alkanes) is 18. The number of quaternary nitrogens is 1. The summed E-state index contributed by atoms with van der Waals surface area (Å²) in [7, 11) is 1.53. The molecule has 320 valence electrons. The lowest BCUT2D eigenvalue weighted by molar-refractivity contribution is -0.870. The van der Waals surface area contributed by atoms with Gasteiger partial charge in [0, 0.05) is 6.42 Å². The predicted molar refractivity (Wildman–Crippen MR) is 235 cm³/mol. The molecule has 0 aromatic rings.